The fourth-order valence-corrected chi connectivity index (χ4v) is 7.88. The Labute approximate surface area is 358 Å². The summed E-state index contributed by atoms with van der Waals surface area (Å²) in [5, 5.41) is 20.8. The van der Waals surface area contributed by atoms with Gasteiger partial charge in [0.1, 0.15) is 25.5 Å². The molecule has 0 saturated heterocycles. The van der Waals surface area contributed by atoms with Gasteiger partial charge in [0.15, 0.2) is 6.10 Å². The van der Waals surface area contributed by atoms with Gasteiger partial charge in [-0.3, -0.25) is 23.4 Å². The largest absolute Gasteiger partial charge is 0.472 e. The first-order valence-corrected chi connectivity index (χ1v) is 24.7. The van der Waals surface area contributed by atoms with E-state index in [1.807, 2.05) is 27.2 Å². The maximum Gasteiger partial charge on any atom is 0.472 e. The van der Waals surface area contributed by atoms with Crippen LogP contribution in [-0.4, -0.2) is 103 Å². The molecule has 1 unspecified atom stereocenters. The van der Waals surface area contributed by atoms with Gasteiger partial charge in [0.25, 0.3) is 0 Å². The van der Waals surface area contributed by atoms with Gasteiger partial charge in [0, 0.05) is 31.1 Å². The van der Waals surface area contributed by atoms with Crippen molar-refractivity contribution in [3.63, 3.8) is 0 Å². The number of allylic oxidation sites excluding steroid dienone is 2. The van der Waals surface area contributed by atoms with E-state index < -0.39 is 44.7 Å². The van der Waals surface area contributed by atoms with E-state index in [1.54, 1.807) is 6.08 Å². The Kier molecular flexibility index (Phi) is 31.4. The Morgan fingerprint density at radius 2 is 1.34 bits per heavy atom. The first-order valence-electron chi connectivity index (χ1n) is 23.2. The number of likely N-dealkylation sites (N-methyl/N-ethyl adjacent to an activating group) is 1. The third kappa shape index (κ3) is 30.7. The van der Waals surface area contributed by atoms with Crippen molar-refractivity contribution in [2.24, 2.45) is 11.8 Å². The highest BCUT2D eigenvalue weighted by atomic mass is 31.2. The van der Waals surface area contributed by atoms with Crippen LogP contribution in [0.2, 0.25) is 0 Å². The number of rotatable bonds is 38. The summed E-state index contributed by atoms with van der Waals surface area (Å²) in [6.07, 6.45) is 28.3. The number of carbonyl (C=O) groups is 3. The summed E-state index contributed by atoms with van der Waals surface area (Å²) in [4.78, 5) is 48.2. The van der Waals surface area contributed by atoms with E-state index in [9.17, 15) is 34.1 Å². The maximum atomic E-state index is 12.8. The number of aliphatic hydroxyl groups is 2. The Bertz CT molecular complexity index is 1220. The second-order valence-electron chi connectivity index (χ2n) is 17.6. The van der Waals surface area contributed by atoms with E-state index in [1.165, 1.54) is 38.5 Å². The molecule has 0 aromatic rings. The molecule has 6 atom stereocenters. The van der Waals surface area contributed by atoms with E-state index in [2.05, 4.69) is 26.0 Å². The second kappa shape index (κ2) is 33.7. The number of hydrogen-bond donors (Lipinski definition) is 3. The van der Waals surface area contributed by atoms with E-state index in [4.69, 9.17) is 18.5 Å². The first kappa shape index (κ1) is 55.1. The highest BCUT2D eigenvalue weighted by Crippen LogP contribution is 2.43. The van der Waals surface area contributed by atoms with Gasteiger partial charge in [-0.25, -0.2) is 4.57 Å². The molecule has 1 saturated carbocycles. The molecule has 0 heterocycles. The van der Waals surface area contributed by atoms with Crippen molar-refractivity contribution in [3.8, 4) is 0 Å². The van der Waals surface area contributed by atoms with Crippen molar-refractivity contribution >= 4 is 25.5 Å². The molecule has 13 heteroatoms. The average Bonchev–Trinajstić information content (AvgIpc) is 3.44. The van der Waals surface area contributed by atoms with Gasteiger partial charge >= 0.3 is 19.8 Å². The maximum absolute atomic E-state index is 12.8. The molecule has 1 rings (SSSR count). The lowest BCUT2D eigenvalue weighted by atomic mass is 9.88. The summed E-state index contributed by atoms with van der Waals surface area (Å²) >= 11 is 0. The van der Waals surface area contributed by atoms with Crippen LogP contribution < -0.4 is 0 Å². The number of Topliss-reactive ketones (excluding diaryl/α,β-unsaturated/α-hetero) is 1. The number of phosphoric ester groups is 1. The number of phosphoric acid groups is 1. The van der Waals surface area contributed by atoms with Crippen LogP contribution in [0.25, 0.3) is 0 Å². The van der Waals surface area contributed by atoms with Gasteiger partial charge in [0.05, 0.1) is 40.0 Å². The molecule has 344 valence electrons. The highest BCUT2D eigenvalue weighted by molar-refractivity contribution is 7.47. The summed E-state index contributed by atoms with van der Waals surface area (Å²) in [6.45, 7) is 4.03. The minimum Gasteiger partial charge on any atom is -0.462 e. The fourth-order valence-electron chi connectivity index (χ4n) is 7.14. The summed E-state index contributed by atoms with van der Waals surface area (Å²) in [6, 6.07) is 0. The number of ether oxygens (including phenoxy) is 2. The normalized spacial score (nSPS) is 19.4. The lowest BCUT2D eigenvalue weighted by Gasteiger charge is -2.24. The lowest BCUT2D eigenvalue weighted by Crippen LogP contribution is -2.37. The van der Waals surface area contributed by atoms with E-state index in [-0.39, 0.29) is 50.1 Å². The average molecular weight is 859 g/mol. The molecule has 0 amide bonds. The van der Waals surface area contributed by atoms with Crippen LogP contribution in [0.5, 0.6) is 0 Å². The van der Waals surface area contributed by atoms with E-state index in [0.29, 0.717) is 43.1 Å². The minimum absolute atomic E-state index is 0.0121. The first-order chi connectivity index (χ1) is 28.2. The second-order valence-corrected chi connectivity index (χ2v) is 19.0. The molecule has 0 aromatic heterocycles. The SMILES string of the molecule is CCCCCCCC/C=C\CCCCCCCC(=O)OC[C@H](COP(=O)(O)OCC[N+](C)(C)C)OC(=O)CCCCCC[C@H]1C(=O)C[C@@H](O)[C@@H]1/C=C/[C@@H](O)CCCCC. The van der Waals surface area contributed by atoms with Gasteiger partial charge in [-0.1, -0.05) is 128 Å². The van der Waals surface area contributed by atoms with Crippen LogP contribution in [0.4, 0.5) is 0 Å². The van der Waals surface area contributed by atoms with Gasteiger partial charge in [-0.2, -0.15) is 0 Å². The Morgan fingerprint density at radius 3 is 1.97 bits per heavy atom. The third-order valence-corrected chi connectivity index (χ3v) is 11.8. The van der Waals surface area contributed by atoms with Crippen LogP contribution in [0.15, 0.2) is 24.3 Å². The molecule has 0 radical (unpaired) electrons. The number of quaternary nitrogens is 1. The van der Waals surface area contributed by atoms with Crippen molar-refractivity contribution in [1.29, 1.82) is 0 Å². The standard InChI is InChI=1S/C46H84NO11P/c1-6-8-10-11-12-13-14-15-16-17-18-19-20-21-26-30-45(51)55-37-40(38-57-59(53,54)56-35-34-47(3,4)5)58-46(52)31-27-23-22-25-29-41-42(44(50)36-43(41)49)33-32-39(48)28-24-9-7-2/h15-16,32-33,39-42,44,48,50H,6-14,17-31,34-38H2,1-5H3/p+1/b16-15-,33-32+/t39-,40+,41+,42+,44+/m0/s1. The predicted octanol–water partition coefficient (Wildman–Crippen LogP) is 9.72. The number of aliphatic hydroxyl groups excluding tert-OH is 2. The molecule has 0 spiro atoms. The van der Waals surface area contributed by atoms with Crippen molar-refractivity contribution in [1.82, 2.24) is 0 Å². The van der Waals surface area contributed by atoms with E-state index >= 15 is 0 Å². The van der Waals surface area contributed by atoms with Crippen LogP contribution >= 0.6 is 7.82 Å². The molecule has 0 aliphatic heterocycles. The van der Waals surface area contributed by atoms with Gasteiger partial charge in [-0.15, -0.1) is 0 Å². The van der Waals surface area contributed by atoms with Gasteiger partial charge in [0.2, 0.25) is 0 Å². The zero-order valence-corrected chi connectivity index (χ0v) is 38.6. The Hall–Kier alpha value is -1.92. The fraction of sp³-hybridized carbons (Fsp3) is 0.848. The molecule has 1 aliphatic carbocycles. The Morgan fingerprint density at radius 1 is 0.780 bits per heavy atom. The lowest BCUT2D eigenvalue weighted by molar-refractivity contribution is -0.870. The molecule has 12 nitrogen and oxygen atoms in total. The summed E-state index contributed by atoms with van der Waals surface area (Å²) in [5.41, 5.74) is 0. The number of unbranched alkanes of at least 4 members (excludes halogenated alkanes) is 16. The molecule has 0 bridgehead atoms. The smallest absolute Gasteiger partial charge is 0.462 e. The number of carbonyl (C=O) groups excluding carboxylic acids is 3. The molecule has 1 fully saturated rings. The Balaban J connectivity index is 2.47. The van der Waals surface area contributed by atoms with Gasteiger partial charge < -0.3 is 29.1 Å². The molecular weight excluding hydrogens is 773 g/mol. The zero-order chi connectivity index (χ0) is 43.8. The van der Waals surface area contributed by atoms with Gasteiger partial charge in [-0.05, 0) is 51.4 Å². The van der Waals surface area contributed by atoms with Crippen molar-refractivity contribution in [2.45, 2.75) is 193 Å². The van der Waals surface area contributed by atoms with Crippen molar-refractivity contribution in [2.75, 3.05) is 47.5 Å². The number of esters is 2. The van der Waals surface area contributed by atoms with Crippen molar-refractivity contribution in [3.05, 3.63) is 24.3 Å². The molecular formula is C46H85NO11P+. The van der Waals surface area contributed by atoms with Crippen LogP contribution in [0, 0.1) is 11.8 Å². The monoisotopic (exact) mass is 859 g/mol. The molecule has 3 N–H and O–H groups in total. The quantitative estimate of drug-likeness (QED) is 0.0178. The summed E-state index contributed by atoms with van der Waals surface area (Å²) in [7, 11) is 1.33. The van der Waals surface area contributed by atoms with Crippen LogP contribution in [-0.2, 0) is 37.5 Å². The summed E-state index contributed by atoms with van der Waals surface area (Å²) < 4.78 is 34.3. The molecule has 1 aliphatic rings. The molecule has 59 heavy (non-hydrogen) atoms. The van der Waals surface area contributed by atoms with Crippen LogP contribution in [0.3, 0.4) is 0 Å². The molecule has 0 aromatic carbocycles. The summed E-state index contributed by atoms with van der Waals surface area (Å²) in [5.74, 6) is -1.50. The number of ketones is 1. The predicted molar refractivity (Wildman–Crippen MR) is 235 cm³/mol. The number of nitrogens with zero attached hydrogens (tertiary/aromatic N) is 1. The number of hydrogen-bond acceptors (Lipinski definition) is 10. The van der Waals surface area contributed by atoms with Crippen LogP contribution in [0.1, 0.15) is 174 Å². The zero-order valence-electron chi connectivity index (χ0n) is 37.7. The van der Waals surface area contributed by atoms with Crippen molar-refractivity contribution < 1.29 is 57.1 Å². The van der Waals surface area contributed by atoms with E-state index in [0.717, 1.165) is 70.6 Å². The topological polar surface area (TPSA) is 166 Å². The minimum atomic E-state index is -4.44. The highest BCUT2D eigenvalue weighted by Gasteiger charge is 2.39. The third-order valence-electron chi connectivity index (χ3n) is 10.8.